The van der Waals surface area contributed by atoms with Gasteiger partial charge in [-0.1, -0.05) is 21.6 Å². The Labute approximate surface area is 202 Å². The number of ether oxygens (including phenoxy) is 2. The van der Waals surface area contributed by atoms with Gasteiger partial charge in [-0.25, -0.2) is 9.59 Å². The SMILES string of the molecule is O=C(NCCSSCCNC(=O)OCc1ccc([N+](=O)[O-])cc1)OCc1ccc([N+](=O)[O-])cc1. The van der Waals surface area contributed by atoms with Crippen molar-refractivity contribution in [1.29, 1.82) is 0 Å². The Kier molecular flexibility index (Phi) is 11.5. The summed E-state index contributed by atoms with van der Waals surface area (Å²) >= 11 is 0. The van der Waals surface area contributed by atoms with Crippen molar-refractivity contribution < 1.29 is 28.9 Å². The van der Waals surface area contributed by atoms with Crippen LogP contribution in [0.25, 0.3) is 0 Å². The number of rotatable bonds is 13. The molecule has 0 bridgehead atoms. The number of amides is 2. The van der Waals surface area contributed by atoms with E-state index in [2.05, 4.69) is 10.6 Å². The predicted octanol–water partition coefficient (Wildman–Crippen LogP) is 4.04. The smallest absolute Gasteiger partial charge is 0.407 e. The lowest BCUT2D eigenvalue weighted by Gasteiger charge is -2.08. The van der Waals surface area contributed by atoms with Crippen molar-refractivity contribution in [3.05, 3.63) is 79.9 Å². The number of nitro groups is 2. The van der Waals surface area contributed by atoms with Crippen LogP contribution in [0.15, 0.2) is 48.5 Å². The third-order valence-corrected chi connectivity index (χ3v) is 6.44. The largest absolute Gasteiger partial charge is 0.445 e. The van der Waals surface area contributed by atoms with Crippen molar-refractivity contribution in [3.63, 3.8) is 0 Å². The molecule has 0 spiro atoms. The van der Waals surface area contributed by atoms with Gasteiger partial charge in [0.05, 0.1) is 9.85 Å². The molecule has 0 atom stereocenters. The molecule has 2 aromatic rings. The lowest BCUT2D eigenvalue weighted by molar-refractivity contribution is -0.385. The number of carbonyl (C=O) groups is 2. The molecular formula is C20H22N4O8S2. The lowest BCUT2D eigenvalue weighted by atomic mass is 10.2. The second-order valence-electron chi connectivity index (χ2n) is 6.50. The number of non-ortho nitro benzene ring substituents is 2. The molecule has 0 aliphatic heterocycles. The van der Waals surface area contributed by atoms with Gasteiger partial charge < -0.3 is 20.1 Å². The third kappa shape index (κ3) is 10.4. The molecule has 0 saturated carbocycles. The van der Waals surface area contributed by atoms with Crippen LogP contribution in [0, 0.1) is 20.2 Å². The zero-order chi connectivity index (χ0) is 24.8. The Morgan fingerprint density at radius 1 is 0.706 bits per heavy atom. The van der Waals surface area contributed by atoms with Gasteiger partial charge in [0.2, 0.25) is 0 Å². The van der Waals surface area contributed by atoms with Gasteiger partial charge in [-0.2, -0.15) is 0 Å². The fourth-order valence-electron chi connectivity index (χ4n) is 2.33. The second-order valence-corrected chi connectivity index (χ2v) is 9.20. The molecule has 0 saturated heterocycles. The number of hydrogen-bond acceptors (Lipinski definition) is 10. The fraction of sp³-hybridized carbons (Fsp3) is 0.300. The van der Waals surface area contributed by atoms with Crippen LogP contribution in [0.3, 0.4) is 0 Å². The molecule has 0 fully saturated rings. The van der Waals surface area contributed by atoms with Crippen LogP contribution in [0.2, 0.25) is 0 Å². The summed E-state index contributed by atoms with van der Waals surface area (Å²) < 4.78 is 10.1. The van der Waals surface area contributed by atoms with Gasteiger partial charge in [-0.15, -0.1) is 0 Å². The summed E-state index contributed by atoms with van der Waals surface area (Å²) in [6.07, 6.45) is -1.16. The van der Waals surface area contributed by atoms with Gasteiger partial charge in [0.15, 0.2) is 0 Å². The molecule has 0 heterocycles. The average molecular weight is 511 g/mol. The molecule has 0 unspecified atom stereocenters. The van der Waals surface area contributed by atoms with Crippen molar-refractivity contribution in [2.45, 2.75) is 13.2 Å². The van der Waals surface area contributed by atoms with Gasteiger partial charge in [-0.3, -0.25) is 20.2 Å². The maximum Gasteiger partial charge on any atom is 0.407 e. The predicted molar refractivity (Wildman–Crippen MR) is 127 cm³/mol. The summed E-state index contributed by atoms with van der Waals surface area (Å²) in [5.41, 5.74) is 1.23. The number of benzene rings is 2. The number of nitrogens with zero attached hydrogens (tertiary/aromatic N) is 2. The Bertz CT molecular complexity index is 894. The number of hydrogen-bond donors (Lipinski definition) is 2. The molecule has 2 N–H and O–H groups in total. The number of nitrogens with one attached hydrogen (secondary N) is 2. The van der Waals surface area contributed by atoms with E-state index in [4.69, 9.17) is 9.47 Å². The summed E-state index contributed by atoms with van der Waals surface area (Å²) in [7, 11) is 3.03. The monoisotopic (exact) mass is 510 g/mol. The molecule has 0 aromatic heterocycles. The molecule has 12 nitrogen and oxygen atoms in total. The van der Waals surface area contributed by atoms with Gasteiger partial charge in [-0.05, 0) is 35.4 Å². The first-order valence-corrected chi connectivity index (χ1v) is 12.4. The standard InChI is InChI=1S/C20H22N4O8S2/c25-19(31-13-15-1-5-17(6-2-15)23(27)28)21-9-11-33-34-12-10-22-20(26)32-14-16-3-7-18(8-4-16)24(29)30/h1-8H,9-14H2,(H,21,25)(H,22,26). The van der Waals surface area contributed by atoms with E-state index in [1.165, 1.54) is 70.1 Å². The van der Waals surface area contributed by atoms with Crippen molar-refractivity contribution in [2.75, 3.05) is 24.6 Å². The highest BCUT2D eigenvalue weighted by atomic mass is 33.1. The molecule has 2 rings (SSSR count). The van der Waals surface area contributed by atoms with E-state index in [-0.39, 0.29) is 24.6 Å². The maximum absolute atomic E-state index is 11.7. The molecule has 0 aliphatic rings. The summed E-state index contributed by atoms with van der Waals surface area (Å²) in [5, 5.41) is 26.4. The number of nitro benzene ring substituents is 2. The molecule has 182 valence electrons. The molecule has 14 heteroatoms. The van der Waals surface area contributed by atoms with Gasteiger partial charge in [0, 0.05) is 48.9 Å². The topological polar surface area (TPSA) is 163 Å². The van der Waals surface area contributed by atoms with Gasteiger partial charge in [0.25, 0.3) is 11.4 Å². The number of carbonyl (C=O) groups excluding carboxylic acids is 2. The van der Waals surface area contributed by atoms with E-state index in [1.54, 1.807) is 0 Å². The Morgan fingerprint density at radius 2 is 1.06 bits per heavy atom. The Morgan fingerprint density at radius 3 is 1.38 bits per heavy atom. The van der Waals surface area contributed by atoms with E-state index in [1.807, 2.05) is 0 Å². The van der Waals surface area contributed by atoms with Crippen molar-refractivity contribution >= 4 is 45.1 Å². The summed E-state index contributed by atoms with van der Waals surface area (Å²) in [6.45, 7) is 0.804. The maximum atomic E-state index is 11.7. The van der Waals surface area contributed by atoms with Crippen LogP contribution in [0.1, 0.15) is 11.1 Å². The minimum atomic E-state index is -0.582. The molecular weight excluding hydrogens is 488 g/mol. The summed E-state index contributed by atoms with van der Waals surface area (Å²) in [5.74, 6) is 1.25. The van der Waals surface area contributed by atoms with Gasteiger partial charge >= 0.3 is 12.2 Å². The van der Waals surface area contributed by atoms with Crippen molar-refractivity contribution in [2.24, 2.45) is 0 Å². The summed E-state index contributed by atoms with van der Waals surface area (Å²) in [6, 6.07) is 11.5. The van der Waals surface area contributed by atoms with Gasteiger partial charge in [0.1, 0.15) is 13.2 Å². The first kappa shape index (κ1) is 26.7. The quantitative estimate of drug-likeness (QED) is 0.174. The minimum Gasteiger partial charge on any atom is -0.445 e. The normalized spacial score (nSPS) is 10.2. The molecule has 0 aliphatic carbocycles. The van der Waals surface area contributed by atoms with Crippen LogP contribution in [-0.2, 0) is 22.7 Å². The minimum absolute atomic E-state index is 0.0116. The molecule has 34 heavy (non-hydrogen) atoms. The highest BCUT2D eigenvalue weighted by molar-refractivity contribution is 8.76. The molecule has 2 aromatic carbocycles. The van der Waals surface area contributed by atoms with E-state index >= 15 is 0 Å². The van der Waals surface area contributed by atoms with Crippen molar-refractivity contribution in [1.82, 2.24) is 10.6 Å². The third-order valence-electron chi connectivity index (χ3n) is 4.03. The first-order valence-electron chi connectivity index (χ1n) is 9.87. The first-order chi connectivity index (χ1) is 16.3. The highest BCUT2D eigenvalue weighted by Crippen LogP contribution is 2.19. The van der Waals surface area contributed by atoms with Crippen LogP contribution in [-0.4, -0.2) is 46.6 Å². The van der Waals surface area contributed by atoms with Crippen LogP contribution >= 0.6 is 21.6 Å². The van der Waals surface area contributed by atoms with E-state index in [0.29, 0.717) is 35.7 Å². The van der Waals surface area contributed by atoms with Crippen LogP contribution in [0.5, 0.6) is 0 Å². The van der Waals surface area contributed by atoms with Crippen LogP contribution < -0.4 is 10.6 Å². The average Bonchev–Trinajstić information content (AvgIpc) is 2.83. The van der Waals surface area contributed by atoms with E-state index in [0.717, 1.165) is 0 Å². The lowest BCUT2D eigenvalue weighted by Crippen LogP contribution is -2.27. The molecule has 0 radical (unpaired) electrons. The van der Waals surface area contributed by atoms with E-state index in [9.17, 15) is 29.8 Å². The van der Waals surface area contributed by atoms with E-state index < -0.39 is 22.0 Å². The second kappa shape index (κ2) is 14.6. The van der Waals surface area contributed by atoms with Crippen LogP contribution in [0.4, 0.5) is 21.0 Å². The summed E-state index contributed by atoms with van der Waals surface area (Å²) in [4.78, 5) is 43.5. The Balaban J connectivity index is 1.45. The van der Waals surface area contributed by atoms with Crippen molar-refractivity contribution in [3.8, 4) is 0 Å². The zero-order valence-electron chi connectivity index (χ0n) is 17.8. The number of alkyl carbamates (subject to hydrolysis) is 2. The highest BCUT2D eigenvalue weighted by Gasteiger charge is 2.07. The Hall–Kier alpha value is -3.52. The fourth-order valence-corrected chi connectivity index (χ4v) is 4.15. The zero-order valence-corrected chi connectivity index (χ0v) is 19.5. The molecule has 2 amide bonds.